The Hall–Kier alpha value is -1.91. The molecule has 0 heterocycles. The van der Waals surface area contributed by atoms with Crippen LogP contribution < -0.4 is 0 Å². The lowest BCUT2D eigenvalue weighted by Gasteiger charge is -2.06. The largest absolute Gasteiger partial charge is 0.298 e. The van der Waals surface area contributed by atoms with Gasteiger partial charge in [-0.1, -0.05) is 29.3 Å². The molecule has 6 heteroatoms. The maximum Gasteiger partial charge on any atom is 0.280 e. The van der Waals surface area contributed by atoms with Gasteiger partial charge >= 0.3 is 0 Å². The fourth-order valence-corrected chi connectivity index (χ4v) is 2.09. The molecule has 0 N–H and O–H groups in total. The highest BCUT2D eigenvalue weighted by Gasteiger charge is 2.15. The highest BCUT2D eigenvalue weighted by Crippen LogP contribution is 2.33. The molecule has 0 spiro atoms. The van der Waals surface area contributed by atoms with E-state index in [2.05, 4.69) is 0 Å². The van der Waals surface area contributed by atoms with Crippen molar-refractivity contribution in [2.24, 2.45) is 0 Å². The fraction of sp³-hybridized carbons (Fsp3) is 0. The number of benzene rings is 2. The second-order valence-electron chi connectivity index (χ2n) is 3.77. The van der Waals surface area contributed by atoms with Crippen LogP contribution in [0.3, 0.4) is 0 Å². The van der Waals surface area contributed by atoms with E-state index in [0.29, 0.717) is 27.5 Å². The molecule has 0 atom stereocenters. The van der Waals surface area contributed by atoms with Gasteiger partial charge in [-0.05, 0) is 29.8 Å². The molecule has 0 aromatic heterocycles. The fourth-order valence-electron chi connectivity index (χ4n) is 1.69. The third-order valence-electron chi connectivity index (χ3n) is 2.59. The van der Waals surface area contributed by atoms with Crippen LogP contribution >= 0.6 is 23.2 Å². The van der Waals surface area contributed by atoms with Gasteiger partial charge in [0.1, 0.15) is 0 Å². The SMILES string of the molecule is O=Cc1ccc(-c2cc(Cl)ccc2Cl)cc1[N+](=O)[O-]. The van der Waals surface area contributed by atoms with E-state index in [-0.39, 0.29) is 11.3 Å². The summed E-state index contributed by atoms with van der Waals surface area (Å²) in [7, 11) is 0. The van der Waals surface area contributed by atoms with E-state index in [0.717, 1.165) is 0 Å². The minimum Gasteiger partial charge on any atom is -0.298 e. The molecule has 0 unspecified atom stereocenters. The molecular weight excluding hydrogens is 289 g/mol. The van der Waals surface area contributed by atoms with Gasteiger partial charge in [0.25, 0.3) is 5.69 Å². The average molecular weight is 296 g/mol. The van der Waals surface area contributed by atoms with Crippen LogP contribution in [0.1, 0.15) is 10.4 Å². The zero-order valence-electron chi connectivity index (χ0n) is 9.47. The van der Waals surface area contributed by atoms with E-state index >= 15 is 0 Å². The molecule has 0 fully saturated rings. The number of nitro benzene ring substituents is 1. The van der Waals surface area contributed by atoms with Gasteiger partial charge in [0.2, 0.25) is 0 Å². The molecule has 0 aliphatic rings. The second-order valence-corrected chi connectivity index (χ2v) is 4.62. The number of hydrogen-bond donors (Lipinski definition) is 0. The van der Waals surface area contributed by atoms with Gasteiger partial charge in [0, 0.05) is 21.7 Å². The Bertz CT molecular complexity index is 671. The number of halogens is 2. The Morgan fingerprint density at radius 1 is 1.11 bits per heavy atom. The van der Waals surface area contributed by atoms with Crippen molar-refractivity contribution < 1.29 is 9.72 Å². The van der Waals surface area contributed by atoms with Gasteiger partial charge in [-0.3, -0.25) is 14.9 Å². The number of carbonyl (C=O) groups is 1. The quantitative estimate of drug-likeness (QED) is 0.479. The van der Waals surface area contributed by atoms with E-state index in [1.165, 1.54) is 12.1 Å². The first-order valence-corrected chi connectivity index (χ1v) is 5.97. The van der Waals surface area contributed by atoms with Crippen molar-refractivity contribution in [2.45, 2.75) is 0 Å². The van der Waals surface area contributed by atoms with E-state index in [1.807, 2.05) is 0 Å². The molecule has 0 aliphatic carbocycles. The lowest BCUT2D eigenvalue weighted by Crippen LogP contribution is -1.95. The highest BCUT2D eigenvalue weighted by molar-refractivity contribution is 6.35. The maximum atomic E-state index is 10.9. The lowest BCUT2D eigenvalue weighted by atomic mass is 10.0. The Kier molecular flexibility index (Phi) is 3.83. The first-order valence-electron chi connectivity index (χ1n) is 5.22. The first-order chi connectivity index (χ1) is 9.02. The highest BCUT2D eigenvalue weighted by atomic mass is 35.5. The normalized spacial score (nSPS) is 10.2. The van der Waals surface area contributed by atoms with E-state index in [1.54, 1.807) is 24.3 Å². The molecule has 0 radical (unpaired) electrons. The molecule has 2 aromatic rings. The molecule has 4 nitrogen and oxygen atoms in total. The summed E-state index contributed by atoms with van der Waals surface area (Å²) in [6.45, 7) is 0. The van der Waals surface area contributed by atoms with Crippen LogP contribution in [0.25, 0.3) is 11.1 Å². The minimum atomic E-state index is -0.605. The molecule has 2 aromatic carbocycles. The van der Waals surface area contributed by atoms with Crippen molar-refractivity contribution in [1.82, 2.24) is 0 Å². The molecule has 0 saturated heterocycles. The minimum absolute atomic E-state index is 0.0203. The lowest BCUT2D eigenvalue weighted by molar-refractivity contribution is -0.385. The maximum absolute atomic E-state index is 10.9. The van der Waals surface area contributed by atoms with Crippen molar-refractivity contribution in [3.8, 4) is 11.1 Å². The van der Waals surface area contributed by atoms with Gasteiger partial charge in [-0.2, -0.15) is 0 Å². The number of nitrogens with zero attached hydrogens (tertiary/aromatic N) is 1. The summed E-state index contributed by atoms with van der Waals surface area (Å²) in [5.74, 6) is 0. The topological polar surface area (TPSA) is 60.2 Å². The second kappa shape index (κ2) is 5.38. The van der Waals surface area contributed by atoms with Crippen molar-refractivity contribution >= 4 is 35.2 Å². The molecule has 0 aliphatic heterocycles. The molecular formula is C13H7Cl2NO3. The third-order valence-corrected chi connectivity index (χ3v) is 3.16. The summed E-state index contributed by atoms with van der Waals surface area (Å²) in [6.07, 6.45) is 0.446. The van der Waals surface area contributed by atoms with Crippen molar-refractivity contribution in [3.63, 3.8) is 0 Å². The predicted molar refractivity (Wildman–Crippen MR) is 73.9 cm³/mol. The number of aldehydes is 1. The van der Waals surface area contributed by atoms with E-state index in [9.17, 15) is 14.9 Å². The van der Waals surface area contributed by atoms with Crippen LogP contribution in [-0.4, -0.2) is 11.2 Å². The summed E-state index contributed by atoms with van der Waals surface area (Å²) >= 11 is 11.9. The number of hydrogen-bond acceptors (Lipinski definition) is 3. The van der Waals surface area contributed by atoms with Gasteiger partial charge in [0.15, 0.2) is 6.29 Å². The van der Waals surface area contributed by atoms with Crippen LogP contribution in [-0.2, 0) is 0 Å². The summed E-state index contributed by atoms with van der Waals surface area (Å²) in [4.78, 5) is 21.0. The van der Waals surface area contributed by atoms with Crippen LogP contribution in [0.2, 0.25) is 10.0 Å². The van der Waals surface area contributed by atoms with E-state index < -0.39 is 4.92 Å². The van der Waals surface area contributed by atoms with Crippen LogP contribution in [0.5, 0.6) is 0 Å². The Labute approximate surface area is 118 Å². The summed E-state index contributed by atoms with van der Waals surface area (Å²) in [6, 6.07) is 9.14. The summed E-state index contributed by atoms with van der Waals surface area (Å²) < 4.78 is 0. The van der Waals surface area contributed by atoms with Crippen molar-refractivity contribution in [2.75, 3.05) is 0 Å². The zero-order valence-corrected chi connectivity index (χ0v) is 11.0. The van der Waals surface area contributed by atoms with Crippen LogP contribution in [0.4, 0.5) is 5.69 Å². The molecule has 2 rings (SSSR count). The monoisotopic (exact) mass is 295 g/mol. The standard InChI is InChI=1S/C13H7Cl2NO3/c14-10-3-4-12(15)11(6-10)8-1-2-9(7-17)13(5-8)16(18)19/h1-7H. The van der Waals surface area contributed by atoms with Crippen molar-refractivity contribution in [1.29, 1.82) is 0 Å². The Balaban J connectivity index is 2.63. The van der Waals surface area contributed by atoms with Crippen LogP contribution in [0, 0.1) is 10.1 Å². The smallest absolute Gasteiger partial charge is 0.280 e. The third kappa shape index (κ3) is 2.75. The van der Waals surface area contributed by atoms with Gasteiger partial charge in [-0.15, -0.1) is 0 Å². The summed E-state index contributed by atoms with van der Waals surface area (Å²) in [5.41, 5.74) is 0.870. The number of rotatable bonds is 3. The Morgan fingerprint density at radius 3 is 2.47 bits per heavy atom. The molecule has 19 heavy (non-hydrogen) atoms. The molecule has 0 bridgehead atoms. The van der Waals surface area contributed by atoms with E-state index in [4.69, 9.17) is 23.2 Å². The van der Waals surface area contributed by atoms with Crippen LogP contribution in [0.15, 0.2) is 36.4 Å². The predicted octanol–water partition coefficient (Wildman–Crippen LogP) is 4.38. The summed E-state index contributed by atoms with van der Waals surface area (Å²) in [5, 5.41) is 11.8. The zero-order chi connectivity index (χ0) is 14.0. The average Bonchev–Trinajstić information content (AvgIpc) is 2.40. The van der Waals surface area contributed by atoms with Crippen molar-refractivity contribution in [3.05, 3.63) is 62.1 Å². The van der Waals surface area contributed by atoms with Gasteiger partial charge in [-0.25, -0.2) is 0 Å². The Morgan fingerprint density at radius 2 is 1.84 bits per heavy atom. The van der Waals surface area contributed by atoms with Gasteiger partial charge < -0.3 is 0 Å². The number of nitro groups is 1. The molecule has 0 amide bonds. The first kappa shape index (κ1) is 13.5. The number of carbonyl (C=O) groups excluding carboxylic acids is 1. The molecule has 0 saturated carbocycles. The van der Waals surface area contributed by atoms with Gasteiger partial charge in [0.05, 0.1) is 10.5 Å². The molecule has 96 valence electrons.